The summed E-state index contributed by atoms with van der Waals surface area (Å²) in [6.07, 6.45) is 3.83. The van der Waals surface area contributed by atoms with Gasteiger partial charge in [-0.05, 0) is 84.4 Å². The second-order valence-electron chi connectivity index (χ2n) is 11.7. The maximum absolute atomic E-state index is 5.01. The predicted octanol–water partition coefficient (Wildman–Crippen LogP) is 1.01. The van der Waals surface area contributed by atoms with E-state index in [1.165, 1.54) is 33.4 Å². The average molecular weight is 653 g/mol. The van der Waals surface area contributed by atoms with Gasteiger partial charge in [-0.2, -0.15) is 0 Å². The van der Waals surface area contributed by atoms with E-state index in [2.05, 4.69) is 113 Å². The molecular weight excluding hydrogens is 608 g/mol. The summed E-state index contributed by atoms with van der Waals surface area (Å²) in [6.45, 7) is 24.3. The van der Waals surface area contributed by atoms with Crippen molar-refractivity contribution in [2.75, 3.05) is 0 Å². The van der Waals surface area contributed by atoms with E-state index in [1.807, 2.05) is 12.4 Å². The Bertz CT molecular complexity index is 1170. The van der Waals surface area contributed by atoms with Gasteiger partial charge in [0.05, 0.1) is 35.2 Å². The monoisotopic (exact) mass is 651 g/mol. The normalized spacial score (nSPS) is 11.2. The fraction of sp³-hybridized carbons (Fsp3) is 0.441. The molecule has 1 heterocycles. The minimum absolute atomic E-state index is 0. The fourth-order valence-corrected chi connectivity index (χ4v) is 4.85. The molecule has 0 amide bonds. The first kappa shape index (κ1) is 41.5. The molecule has 1 aromatic heterocycles. The van der Waals surface area contributed by atoms with Crippen molar-refractivity contribution < 1.29 is 55.8 Å². The Hall–Kier alpha value is -1.62. The van der Waals surface area contributed by atoms with Gasteiger partial charge in [0.1, 0.15) is 0 Å². The summed E-state index contributed by atoms with van der Waals surface area (Å²) in [7, 11) is 0. The van der Waals surface area contributed by atoms with Crippen LogP contribution in [0.5, 0.6) is 0 Å². The van der Waals surface area contributed by atoms with Crippen molar-refractivity contribution in [2.45, 2.75) is 99.8 Å². The van der Waals surface area contributed by atoms with Crippen LogP contribution in [0.3, 0.4) is 0 Å². The fourth-order valence-electron chi connectivity index (χ4n) is 4.85. The second-order valence-corrected chi connectivity index (χ2v) is 11.7. The number of benzene rings is 2. The summed E-state index contributed by atoms with van der Waals surface area (Å²) in [4.78, 5) is 14.9. The first-order valence-electron chi connectivity index (χ1n) is 13.7. The zero-order valence-corrected chi connectivity index (χ0v) is 30.0. The van der Waals surface area contributed by atoms with Crippen LogP contribution in [0.15, 0.2) is 46.4 Å². The molecule has 3 nitrogen and oxygen atoms in total. The Kier molecular flexibility index (Phi) is 18.4. The topological polar surface area (TPSA) is 37.6 Å². The van der Waals surface area contributed by atoms with Crippen molar-refractivity contribution in [3.05, 3.63) is 86.7 Å². The van der Waals surface area contributed by atoms with Gasteiger partial charge in [-0.25, -0.2) is 4.98 Å². The zero-order chi connectivity index (χ0) is 27.4. The van der Waals surface area contributed by atoms with Gasteiger partial charge in [0.25, 0.3) is 0 Å². The summed E-state index contributed by atoms with van der Waals surface area (Å²) in [5.41, 5.74) is 12.7. The molecule has 0 aliphatic heterocycles. The van der Waals surface area contributed by atoms with Crippen LogP contribution in [-0.4, -0.2) is 17.4 Å². The SMILES string of the molecule is Cc1cc(C=Nc2c(C(C)C)cc(C)cc2C(C)C)nc(C=Nc2c(C(C)C)cc(C)cc2C(C)C)c1.[Cl-].[Cl-].[Cl-].[V]. The molecule has 0 spiro atoms. The standard InChI is InChI=1S/C34H45N3.3ClH.V/c1-20(2)29-14-25(10)15-30(21(3)4)33(29)35-18-27-12-24(9)13-28(37-27)19-36-34-31(22(5)6)16-26(11)17-32(34)23(7)8;;;;/h12-23H,1-11H3;3*1H;/p-3. The van der Waals surface area contributed by atoms with Crippen LogP contribution in [0.25, 0.3) is 0 Å². The van der Waals surface area contributed by atoms with Crippen molar-refractivity contribution >= 4 is 23.8 Å². The summed E-state index contributed by atoms with van der Waals surface area (Å²) in [5, 5.41) is 0. The number of hydrogen-bond donors (Lipinski definition) is 0. The number of rotatable bonds is 8. The van der Waals surface area contributed by atoms with E-state index in [0.29, 0.717) is 23.7 Å². The number of pyridine rings is 1. The van der Waals surface area contributed by atoms with E-state index < -0.39 is 0 Å². The third-order valence-corrected chi connectivity index (χ3v) is 6.78. The number of halogens is 3. The first-order chi connectivity index (χ1) is 17.4. The Morgan fingerprint density at radius 1 is 0.488 bits per heavy atom. The molecule has 0 N–H and O–H groups in total. The third-order valence-electron chi connectivity index (χ3n) is 6.78. The molecular formula is C34H45Cl3N3V-3. The molecule has 0 saturated carbocycles. The second kappa shape index (κ2) is 18.1. The molecule has 7 heteroatoms. The number of aryl methyl sites for hydroxylation is 3. The summed E-state index contributed by atoms with van der Waals surface area (Å²) >= 11 is 0. The molecule has 0 aliphatic rings. The number of nitrogens with zero attached hydrogens (tertiary/aromatic N) is 3. The summed E-state index contributed by atoms with van der Waals surface area (Å²) in [5.74, 6) is 1.60. The molecule has 3 rings (SSSR count). The van der Waals surface area contributed by atoms with Gasteiger partial charge in [0, 0.05) is 18.6 Å². The van der Waals surface area contributed by atoms with Crippen molar-refractivity contribution in [2.24, 2.45) is 9.98 Å². The maximum Gasteiger partial charge on any atom is 0.0823 e. The predicted molar refractivity (Wildman–Crippen MR) is 162 cm³/mol. The average Bonchev–Trinajstić information content (AvgIpc) is 2.80. The maximum atomic E-state index is 5.01. The van der Waals surface area contributed by atoms with Gasteiger partial charge < -0.3 is 37.2 Å². The van der Waals surface area contributed by atoms with Gasteiger partial charge in [0.2, 0.25) is 0 Å². The van der Waals surface area contributed by atoms with Crippen LogP contribution in [0.4, 0.5) is 11.4 Å². The molecule has 0 saturated heterocycles. The van der Waals surface area contributed by atoms with Gasteiger partial charge >= 0.3 is 0 Å². The number of aliphatic imine (C=N–C) groups is 2. The van der Waals surface area contributed by atoms with Crippen molar-refractivity contribution in [1.29, 1.82) is 0 Å². The zero-order valence-electron chi connectivity index (χ0n) is 26.4. The number of aromatic nitrogens is 1. The smallest absolute Gasteiger partial charge is 0.0823 e. The van der Waals surface area contributed by atoms with Gasteiger partial charge in [-0.3, -0.25) is 9.98 Å². The minimum Gasteiger partial charge on any atom is -1.00 e. The Morgan fingerprint density at radius 3 is 0.976 bits per heavy atom. The molecule has 2 aromatic carbocycles. The van der Waals surface area contributed by atoms with E-state index in [0.717, 1.165) is 28.3 Å². The van der Waals surface area contributed by atoms with Crippen LogP contribution in [-0.2, 0) is 18.6 Å². The van der Waals surface area contributed by atoms with Gasteiger partial charge in [-0.1, -0.05) is 90.8 Å². The number of hydrogen-bond acceptors (Lipinski definition) is 3. The van der Waals surface area contributed by atoms with Crippen LogP contribution < -0.4 is 37.2 Å². The molecule has 3 aromatic rings. The van der Waals surface area contributed by atoms with E-state index >= 15 is 0 Å². The molecule has 0 fully saturated rings. The van der Waals surface area contributed by atoms with Crippen molar-refractivity contribution in [3.63, 3.8) is 0 Å². The summed E-state index contributed by atoms with van der Waals surface area (Å²) < 4.78 is 0. The van der Waals surface area contributed by atoms with Gasteiger partial charge in [0.15, 0.2) is 0 Å². The van der Waals surface area contributed by atoms with Crippen LogP contribution in [0.1, 0.15) is 129 Å². The van der Waals surface area contributed by atoms with Crippen LogP contribution in [0.2, 0.25) is 0 Å². The molecule has 41 heavy (non-hydrogen) atoms. The molecule has 0 bridgehead atoms. The van der Waals surface area contributed by atoms with Gasteiger partial charge in [-0.15, -0.1) is 0 Å². The Morgan fingerprint density at radius 2 is 0.732 bits per heavy atom. The molecule has 0 aliphatic carbocycles. The Labute approximate surface area is 279 Å². The van der Waals surface area contributed by atoms with Crippen LogP contribution in [0, 0.1) is 20.8 Å². The van der Waals surface area contributed by atoms with E-state index in [4.69, 9.17) is 15.0 Å². The quantitative estimate of drug-likeness (QED) is 0.335. The van der Waals surface area contributed by atoms with Crippen molar-refractivity contribution in [1.82, 2.24) is 4.98 Å². The van der Waals surface area contributed by atoms with Crippen LogP contribution >= 0.6 is 0 Å². The molecule has 0 atom stereocenters. The molecule has 1 radical (unpaired) electrons. The molecule has 225 valence electrons. The van der Waals surface area contributed by atoms with E-state index in [1.54, 1.807) is 0 Å². The first-order valence-corrected chi connectivity index (χ1v) is 13.7. The van der Waals surface area contributed by atoms with E-state index in [9.17, 15) is 0 Å². The third kappa shape index (κ3) is 10.9. The minimum atomic E-state index is 0. The van der Waals surface area contributed by atoms with E-state index in [-0.39, 0.29) is 55.8 Å². The Balaban J connectivity index is 0. The summed E-state index contributed by atoms with van der Waals surface area (Å²) in [6, 6.07) is 13.3. The van der Waals surface area contributed by atoms with Crippen molar-refractivity contribution in [3.8, 4) is 0 Å². The molecule has 0 unspecified atom stereocenters. The largest absolute Gasteiger partial charge is 1.00 e.